The van der Waals surface area contributed by atoms with E-state index in [0.29, 0.717) is 41.3 Å². The maximum absolute atomic E-state index is 15.4. The van der Waals surface area contributed by atoms with Crippen LogP contribution in [-0.4, -0.2) is 57.1 Å². The van der Waals surface area contributed by atoms with Crippen LogP contribution >= 0.6 is 0 Å². The fourth-order valence-electron chi connectivity index (χ4n) is 5.89. The lowest BCUT2D eigenvalue weighted by Gasteiger charge is -2.28. The highest BCUT2D eigenvalue weighted by Crippen LogP contribution is 2.47. The molecule has 6 heterocycles. The first kappa shape index (κ1) is 19.0. The SMILES string of the molecule is CNc1cc(F)c2c3c1[nH]c1nc(Oc4cnc(C)nc4)nc(c13)N1C[C@@H]3NCC[C@@H]3[C@H]1C2. The van der Waals surface area contributed by atoms with Crippen LogP contribution in [0.15, 0.2) is 18.5 Å². The molecular formula is C23H23FN8O. The summed E-state index contributed by atoms with van der Waals surface area (Å²) in [5, 5.41) is 8.46. The van der Waals surface area contributed by atoms with Gasteiger partial charge < -0.3 is 25.3 Å². The average Bonchev–Trinajstić information content (AvgIpc) is 3.48. The Morgan fingerprint density at radius 1 is 1.21 bits per heavy atom. The number of benzene rings is 1. The Morgan fingerprint density at radius 3 is 2.88 bits per heavy atom. The molecule has 33 heavy (non-hydrogen) atoms. The third-order valence-corrected chi connectivity index (χ3v) is 7.35. The smallest absolute Gasteiger partial charge is 0.326 e. The van der Waals surface area contributed by atoms with E-state index in [1.54, 1.807) is 25.5 Å². The van der Waals surface area contributed by atoms with Crippen molar-refractivity contribution in [2.75, 3.05) is 30.4 Å². The molecule has 3 atom stereocenters. The molecule has 0 aliphatic carbocycles. The molecule has 0 amide bonds. The van der Waals surface area contributed by atoms with Gasteiger partial charge in [-0.3, -0.25) is 0 Å². The van der Waals surface area contributed by atoms with Crippen LogP contribution in [0.5, 0.6) is 11.8 Å². The summed E-state index contributed by atoms with van der Waals surface area (Å²) in [6.45, 7) is 3.65. The van der Waals surface area contributed by atoms with Gasteiger partial charge in [0.2, 0.25) is 0 Å². The Balaban J connectivity index is 1.48. The summed E-state index contributed by atoms with van der Waals surface area (Å²) >= 11 is 0. The van der Waals surface area contributed by atoms with Crippen LogP contribution in [0.25, 0.3) is 21.9 Å². The number of fused-ring (bicyclic) bond motifs is 4. The highest BCUT2D eigenvalue weighted by molar-refractivity contribution is 6.16. The maximum Gasteiger partial charge on any atom is 0.326 e. The standard InChI is InChI=1S/C23H23FN8O/c1-10-27-7-11(8-28-10)33-23-30-21-19-18-13(14(24)6-15(25-2)20(18)29-21)5-17-12-3-4-26-16(12)9-32(17)22(19)31-23/h6-8,12,16-17,25-26H,3-5,9H2,1-2H3,(H,29,30,31)/t12-,16-,17+/m0/s1. The van der Waals surface area contributed by atoms with Crippen LogP contribution in [0.4, 0.5) is 15.9 Å². The van der Waals surface area contributed by atoms with Crippen LogP contribution in [0.1, 0.15) is 17.8 Å². The van der Waals surface area contributed by atoms with Crippen molar-refractivity contribution in [2.45, 2.75) is 31.8 Å². The number of halogens is 1. The van der Waals surface area contributed by atoms with Crippen molar-refractivity contribution < 1.29 is 9.13 Å². The highest BCUT2D eigenvalue weighted by atomic mass is 19.1. The molecule has 168 valence electrons. The first-order valence-electron chi connectivity index (χ1n) is 11.3. The number of hydrogen-bond acceptors (Lipinski definition) is 8. The molecule has 0 unspecified atom stereocenters. The van der Waals surface area contributed by atoms with Gasteiger partial charge in [0.1, 0.15) is 23.1 Å². The van der Waals surface area contributed by atoms with Crippen LogP contribution in [-0.2, 0) is 6.42 Å². The van der Waals surface area contributed by atoms with Gasteiger partial charge in [-0.05, 0) is 38.3 Å². The molecule has 3 aliphatic heterocycles. The van der Waals surface area contributed by atoms with Crippen molar-refractivity contribution >= 4 is 33.4 Å². The number of anilines is 2. The van der Waals surface area contributed by atoms with E-state index in [1.165, 1.54) is 0 Å². The molecule has 3 aromatic heterocycles. The normalized spacial score (nSPS) is 23.2. The number of rotatable bonds is 3. The zero-order valence-corrected chi connectivity index (χ0v) is 18.3. The van der Waals surface area contributed by atoms with Crippen molar-refractivity contribution in [3.63, 3.8) is 0 Å². The topological polar surface area (TPSA) is 104 Å². The molecule has 2 fully saturated rings. The summed E-state index contributed by atoms with van der Waals surface area (Å²) in [5.74, 6) is 2.19. The van der Waals surface area contributed by atoms with E-state index < -0.39 is 0 Å². The van der Waals surface area contributed by atoms with E-state index >= 15 is 4.39 Å². The predicted octanol–water partition coefficient (Wildman–Crippen LogP) is 2.91. The molecule has 0 spiro atoms. The van der Waals surface area contributed by atoms with Gasteiger partial charge in [-0.25, -0.2) is 14.4 Å². The number of aromatic nitrogens is 5. The number of aryl methyl sites for hydroxylation is 1. The molecule has 0 saturated carbocycles. The quantitative estimate of drug-likeness (QED) is 0.441. The first-order chi connectivity index (χ1) is 16.1. The molecule has 4 aromatic rings. The summed E-state index contributed by atoms with van der Waals surface area (Å²) < 4.78 is 21.4. The Morgan fingerprint density at radius 2 is 2.06 bits per heavy atom. The molecule has 7 rings (SSSR count). The number of ether oxygens (including phenoxy) is 1. The van der Waals surface area contributed by atoms with Gasteiger partial charge in [-0.2, -0.15) is 9.97 Å². The Hall–Kier alpha value is -3.53. The van der Waals surface area contributed by atoms with Crippen LogP contribution in [0, 0.1) is 18.7 Å². The van der Waals surface area contributed by atoms with Gasteiger partial charge in [0.15, 0.2) is 5.75 Å². The number of H-pyrrole nitrogens is 1. The number of aromatic amines is 1. The van der Waals surface area contributed by atoms with E-state index in [4.69, 9.17) is 9.72 Å². The van der Waals surface area contributed by atoms with Crippen molar-refractivity contribution in [1.82, 2.24) is 30.2 Å². The summed E-state index contributed by atoms with van der Waals surface area (Å²) in [7, 11) is 1.80. The molecule has 0 bridgehead atoms. The van der Waals surface area contributed by atoms with E-state index in [1.807, 2.05) is 6.92 Å². The Kier molecular flexibility index (Phi) is 3.88. The second-order valence-corrected chi connectivity index (χ2v) is 9.07. The molecule has 10 heteroatoms. The Bertz CT molecular complexity index is 1420. The van der Waals surface area contributed by atoms with E-state index in [2.05, 4.69) is 35.5 Å². The zero-order chi connectivity index (χ0) is 22.3. The number of hydrogen-bond donors (Lipinski definition) is 3. The van der Waals surface area contributed by atoms with Gasteiger partial charge in [-0.1, -0.05) is 0 Å². The zero-order valence-electron chi connectivity index (χ0n) is 18.3. The molecule has 3 aliphatic rings. The molecular weight excluding hydrogens is 423 g/mol. The maximum atomic E-state index is 15.4. The highest BCUT2D eigenvalue weighted by Gasteiger charge is 2.47. The van der Waals surface area contributed by atoms with E-state index in [9.17, 15) is 0 Å². The fourth-order valence-corrected chi connectivity index (χ4v) is 5.89. The van der Waals surface area contributed by atoms with Gasteiger partial charge in [0, 0.05) is 36.6 Å². The minimum absolute atomic E-state index is 0.171. The summed E-state index contributed by atoms with van der Waals surface area (Å²) in [6.07, 6.45) is 4.94. The summed E-state index contributed by atoms with van der Waals surface area (Å²) in [5.41, 5.74) is 2.91. The van der Waals surface area contributed by atoms with Crippen LogP contribution in [0.3, 0.4) is 0 Å². The lowest BCUT2D eigenvalue weighted by atomic mass is 9.90. The molecule has 3 N–H and O–H groups in total. The summed E-state index contributed by atoms with van der Waals surface area (Å²) in [4.78, 5) is 23.7. The minimum atomic E-state index is -0.188. The second-order valence-electron chi connectivity index (χ2n) is 9.07. The van der Waals surface area contributed by atoms with Crippen molar-refractivity contribution in [2.24, 2.45) is 5.92 Å². The number of nitrogens with zero attached hydrogens (tertiary/aromatic N) is 5. The fraction of sp³-hybridized carbons (Fsp3) is 0.391. The van der Waals surface area contributed by atoms with Gasteiger partial charge in [-0.15, -0.1) is 0 Å². The number of nitrogens with one attached hydrogen (secondary N) is 3. The lowest BCUT2D eigenvalue weighted by Crippen LogP contribution is -2.35. The van der Waals surface area contributed by atoms with Crippen molar-refractivity contribution in [1.29, 1.82) is 0 Å². The third-order valence-electron chi connectivity index (χ3n) is 7.35. The summed E-state index contributed by atoms with van der Waals surface area (Å²) in [6, 6.07) is 2.35. The monoisotopic (exact) mass is 446 g/mol. The largest absolute Gasteiger partial charge is 0.421 e. The predicted molar refractivity (Wildman–Crippen MR) is 122 cm³/mol. The Labute approximate surface area is 188 Å². The molecule has 2 saturated heterocycles. The van der Waals surface area contributed by atoms with Gasteiger partial charge in [0.25, 0.3) is 0 Å². The second kappa shape index (κ2) is 6.74. The van der Waals surface area contributed by atoms with E-state index in [-0.39, 0.29) is 17.9 Å². The van der Waals surface area contributed by atoms with Crippen molar-refractivity contribution in [3.05, 3.63) is 35.7 Å². The van der Waals surface area contributed by atoms with Gasteiger partial charge in [0.05, 0.1) is 29.0 Å². The molecule has 9 nitrogen and oxygen atoms in total. The van der Waals surface area contributed by atoms with Crippen LogP contribution < -0.4 is 20.3 Å². The molecule has 1 aromatic carbocycles. The van der Waals surface area contributed by atoms with E-state index in [0.717, 1.165) is 47.2 Å². The molecule has 0 radical (unpaired) electrons. The van der Waals surface area contributed by atoms with Gasteiger partial charge >= 0.3 is 6.01 Å². The first-order valence-corrected chi connectivity index (χ1v) is 11.3. The lowest BCUT2D eigenvalue weighted by molar-refractivity contribution is 0.436. The van der Waals surface area contributed by atoms with Crippen molar-refractivity contribution in [3.8, 4) is 11.8 Å². The third kappa shape index (κ3) is 2.67. The average molecular weight is 446 g/mol. The minimum Gasteiger partial charge on any atom is -0.421 e. The van der Waals surface area contributed by atoms with Crippen LogP contribution in [0.2, 0.25) is 0 Å².